The summed E-state index contributed by atoms with van der Waals surface area (Å²) in [5, 5.41) is 8.84. The SMILES string of the molecule is COC(=O)c1ccc(Br)c(C#N)c1I. The first-order valence-electron chi connectivity index (χ1n) is 3.58. The minimum Gasteiger partial charge on any atom is -0.465 e. The minimum atomic E-state index is -0.432. The first-order valence-corrected chi connectivity index (χ1v) is 5.45. The summed E-state index contributed by atoms with van der Waals surface area (Å²) < 4.78 is 5.87. The van der Waals surface area contributed by atoms with Crippen LogP contribution < -0.4 is 0 Å². The van der Waals surface area contributed by atoms with Crippen LogP contribution in [0.1, 0.15) is 15.9 Å². The lowest BCUT2D eigenvalue weighted by Gasteiger charge is -2.04. The molecule has 0 aliphatic heterocycles. The third-order valence-corrected chi connectivity index (χ3v) is 3.39. The van der Waals surface area contributed by atoms with Crippen molar-refractivity contribution in [2.45, 2.75) is 0 Å². The van der Waals surface area contributed by atoms with Gasteiger partial charge in [0.05, 0.1) is 18.2 Å². The summed E-state index contributed by atoms with van der Waals surface area (Å²) in [5.74, 6) is -0.432. The van der Waals surface area contributed by atoms with E-state index in [2.05, 4.69) is 20.7 Å². The summed E-state index contributed by atoms with van der Waals surface area (Å²) in [6, 6.07) is 5.30. The van der Waals surface area contributed by atoms with Crippen LogP contribution in [0.15, 0.2) is 16.6 Å². The van der Waals surface area contributed by atoms with Gasteiger partial charge in [-0.1, -0.05) is 0 Å². The van der Waals surface area contributed by atoms with Crippen molar-refractivity contribution < 1.29 is 9.53 Å². The Hall–Kier alpha value is -0.610. The number of esters is 1. The van der Waals surface area contributed by atoms with Crippen molar-refractivity contribution in [2.75, 3.05) is 7.11 Å². The van der Waals surface area contributed by atoms with E-state index in [0.29, 0.717) is 19.2 Å². The molecule has 0 saturated heterocycles. The molecule has 0 spiro atoms. The molecule has 14 heavy (non-hydrogen) atoms. The van der Waals surface area contributed by atoms with E-state index in [4.69, 9.17) is 5.26 Å². The Kier molecular flexibility index (Phi) is 3.89. The Morgan fingerprint density at radius 1 is 1.64 bits per heavy atom. The highest BCUT2D eigenvalue weighted by Crippen LogP contribution is 2.25. The molecule has 0 fully saturated rings. The van der Waals surface area contributed by atoms with Gasteiger partial charge in [-0.2, -0.15) is 5.26 Å². The van der Waals surface area contributed by atoms with Crippen LogP contribution in [0.25, 0.3) is 0 Å². The summed E-state index contributed by atoms with van der Waals surface area (Å²) in [7, 11) is 1.31. The number of hydrogen-bond donors (Lipinski definition) is 0. The number of methoxy groups -OCH3 is 1. The van der Waals surface area contributed by atoms with Crippen LogP contribution in [-0.4, -0.2) is 13.1 Å². The van der Waals surface area contributed by atoms with Crippen LogP contribution in [0.2, 0.25) is 0 Å². The van der Waals surface area contributed by atoms with Crippen molar-refractivity contribution in [1.29, 1.82) is 5.26 Å². The van der Waals surface area contributed by atoms with Crippen molar-refractivity contribution in [3.63, 3.8) is 0 Å². The number of nitriles is 1. The van der Waals surface area contributed by atoms with Gasteiger partial charge in [0.15, 0.2) is 0 Å². The summed E-state index contributed by atoms with van der Waals surface area (Å²) in [4.78, 5) is 11.3. The molecule has 0 saturated carbocycles. The molecular formula is C9H5BrINO2. The Morgan fingerprint density at radius 3 is 2.79 bits per heavy atom. The lowest BCUT2D eigenvalue weighted by atomic mass is 10.1. The second kappa shape index (κ2) is 4.75. The molecule has 0 aliphatic rings. The monoisotopic (exact) mass is 365 g/mol. The molecule has 5 heteroatoms. The van der Waals surface area contributed by atoms with Crippen molar-refractivity contribution in [2.24, 2.45) is 0 Å². The van der Waals surface area contributed by atoms with Crippen molar-refractivity contribution >= 4 is 44.5 Å². The van der Waals surface area contributed by atoms with Gasteiger partial charge in [0.25, 0.3) is 0 Å². The van der Waals surface area contributed by atoms with E-state index in [0.717, 1.165) is 0 Å². The fourth-order valence-electron chi connectivity index (χ4n) is 0.923. The van der Waals surface area contributed by atoms with E-state index in [9.17, 15) is 4.79 Å². The highest BCUT2D eigenvalue weighted by Gasteiger charge is 2.15. The Labute approximate surface area is 103 Å². The van der Waals surface area contributed by atoms with Gasteiger partial charge in [-0.25, -0.2) is 4.79 Å². The normalized spacial score (nSPS) is 9.29. The molecule has 0 radical (unpaired) electrons. The van der Waals surface area contributed by atoms with Crippen LogP contribution in [-0.2, 0) is 4.74 Å². The van der Waals surface area contributed by atoms with Crippen LogP contribution in [0.3, 0.4) is 0 Å². The minimum absolute atomic E-state index is 0.410. The lowest BCUT2D eigenvalue weighted by Crippen LogP contribution is -2.05. The van der Waals surface area contributed by atoms with Crippen LogP contribution >= 0.6 is 38.5 Å². The standard InChI is InChI=1S/C9H5BrINO2/c1-14-9(13)5-2-3-7(10)6(4-12)8(5)11/h2-3H,1H3. The van der Waals surface area contributed by atoms with Crippen molar-refractivity contribution in [3.05, 3.63) is 31.3 Å². The second-order valence-corrected chi connectivity index (χ2v) is 4.32. The van der Waals surface area contributed by atoms with Gasteiger partial charge in [-0.05, 0) is 50.7 Å². The molecular weight excluding hydrogens is 361 g/mol. The maximum atomic E-state index is 11.3. The number of rotatable bonds is 1. The molecule has 0 amide bonds. The molecule has 72 valence electrons. The number of carbonyl (C=O) groups excluding carboxylic acids is 1. The lowest BCUT2D eigenvalue weighted by molar-refractivity contribution is 0.0599. The molecule has 3 nitrogen and oxygen atoms in total. The average Bonchev–Trinajstić information content (AvgIpc) is 2.18. The third kappa shape index (κ3) is 2.07. The molecule has 0 unspecified atom stereocenters. The highest BCUT2D eigenvalue weighted by atomic mass is 127. The van der Waals surface area contributed by atoms with Crippen LogP contribution in [0, 0.1) is 14.9 Å². The van der Waals surface area contributed by atoms with E-state index in [1.54, 1.807) is 12.1 Å². The van der Waals surface area contributed by atoms with Gasteiger partial charge < -0.3 is 4.74 Å². The third-order valence-electron chi connectivity index (χ3n) is 1.61. The summed E-state index contributed by atoms with van der Waals surface area (Å²) in [6.45, 7) is 0. The molecule has 0 N–H and O–H groups in total. The molecule has 0 bridgehead atoms. The van der Waals surface area contributed by atoms with E-state index in [-0.39, 0.29) is 0 Å². The number of benzene rings is 1. The smallest absolute Gasteiger partial charge is 0.338 e. The summed E-state index contributed by atoms with van der Waals surface area (Å²) in [5.41, 5.74) is 0.862. The van der Waals surface area contributed by atoms with E-state index in [1.165, 1.54) is 7.11 Å². The zero-order valence-electron chi connectivity index (χ0n) is 7.17. The Bertz CT molecular complexity index is 426. The first kappa shape index (κ1) is 11.5. The Morgan fingerprint density at radius 2 is 2.29 bits per heavy atom. The number of carbonyl (C=O) groups is 1. The summed E-state index contributed by atoms with van der Waals surface area (Å²) >= 11 is 5.18. The predicted octanol–water partition coefficient (Wildman–Crippen LogP) is 2.71. The fourth-order valence-corrected chi connectivity index (χ4v) is 2.52. The topological polar surface area (TPSA) is 50.1 Å². The van der Waals surface area contributed by atoms with Gasteiger partial charge in [0, 0.05) is 8.04 Å². The molecule has 1 rings (SSSR count). The highest BCUT2D eigenvalue weighted by molar-refractivity contribution is 14.1. The average molecular weight is 366 g/mol. The van der Waals surface area contributed by atoms with Crippen molar-refractivity contribution in [1.82, 2.24) is 0 Å². The van der Waals surface area contributed by atoms with Gasteiger partial charge >= 0.3 is 5.97 Å². The Balaban J connectivity index is 3.37. The number of ether oxygens (including phenoxy) is 1. The maximum absolute atomic E-state index is 11.3. The predicted molar refractivity (Wildman–Crippen MR) is 62.9 cm³/mol. The molecule has 0 aromatic heterocycles. The van der Waals surface area contributed by atoms with Gasteiger partial charge in [-0.15, -0.1) is 0 Å². The molecule has 0 aliphatic carbocycles. The van der Waals surface area contributed by atoms with E-state index >= 15 is 0 Å². The molecule has 1 aromatic rings. The van der Waals surface area contributed by atoms with E-state index < -0.39 is 5.97 Å². The maximum Gasteiger partial charge on any atom is 0.338 e. The van der Waals surface area contributed by atoms with Crippen molar-refractivity contribution in [3.8, 4) is 6.07 Å². The van der Waals surface area contributed by atoms with Gasteiger partial charge in [0.2, 0.25) is 0 Å². The zero-order valence-corrected chi connectivity index (χ0v) is 10.9. The molecule has 1 aromatic carbocycles. The fraction of sp³-hybridized carbons (Fsp3) is 0.111. The number of nitrogens with zero attached hydrogens (tertiary/aromatic N) is 1. The second-order valence-electron chi connectivity index (χ2n) is 2.39. The van der Waals surface area contributed by atoms with E-state index in [1.807, 2.05) is 28.7 Å². The first-order chi connectivity index (χ1) is 6.61. The van der Waals surface area contributed by atoms with Gasteiger partial charge in [0.1, 0.15) is 6.07 Å². The zero-order chi connectivity index (χ0) is 10.7. The van der Waals surface area contributed by atoms with Crippen LogP contribution in [0.5, 0.6) is 0 Å². The molecule has 0 atom stereocenters. The van der Waals surface area contributed by atoms with Gasteiger partial charge in [-0.3, -0.25) is 0 Å². The number of halogens is 2. The summed E-state index contributed by atoms with van der Waals surface area (Å²) in [6.07, 6.45) is 0. The largest absolute Gasteiger partial charge is 0.465 e. The number of hydrogen-bond acceptors (Lipinski definition) is 3. The van der Waals surface area contributed by atoms with Crippen LogP contribution in [0.4, 0.5) is 0 Å². The quantitative estimate of drug-likeness (QED) is 0.568. The molecule has 0 heterocycles.